The fourth-order valence-electron chi connectivity index (χ4n) is 3.62. The smallest absolute Gasteiger partial charge is 0.265 e. The van der Waals surface area contributed by atoms with Crippen molar-refractivity contribution in [2.24, 2.45) is 0 Å². The monoisotopic (exact) mass is 440 g/mol. The number of anilines is 2. The van der Waals surface area contributed by atoms with Crippen LogP contribution in [0.2, 0.25) is 0 Å². The van der Waals surface area contributed by atoms with E-state index in [1.807, 2.05) is 0 Å². The Labute approximate surface area is 185 Å². The number of nitrogens with zero attached hydrogens (tertiary/aromatic N) is 2. The minimum absolute atomic E-state index is 0.139. The van der Waals surface area contributed by atoms with Gasteiger partial charge in [0.25, 0.3) is 11.8 Å². The van der Waals surface area contributed by atoms with Crippen molar-refractivity contribution >= 4 is 29.1 Å². The van der Waals surface area contributed by atoms with E-state index in [0.717, 1.165) is 0 Å². The first kappa shape index (κ1) is 21.6. The highest BCUT2D eigenvalue weighted by molar-refractivity contribution is 6.16. The summed E-state index contributed by atoms with van der Waals surface area (Å²) in [5, 5.41) is 4.53. The molecule has 0 bridgehead atoms. The van der Waals surface area contributed by atoms with Gasteiger partial charge in [-0.05, 0) is 36.4 Å². The molecule has 0 saturated carbocycles. The molecule has 0 spiro atoms. The Morgan fingerprint density at radius 3 is 2.44 bits per heavy atom. The molecule has 0 atom stereocenters. The maximum Gasteiger partial charge on any atom is 0.265 e. The molecular formula is C22H24N4O6. The average molecular weight is 440 g/mol. The van der Waals surface area contributed by atoms with Gasteiger partial charge in [0, 0.05) is 24.2 Å². The van der Waals surface area contributed by atoms with Crippen molar-refractivity contribution in [1.82, 2.24) is 10.4 Å². The quantitative estimate of drug-likeness (QED) is 0.721. The minimum atomic E-state index is -0.368. The van der Waals surface area contributed by atoms with Crippen LogP contribution in [0.15, 0.2) is 36.4 Å². The van der Waals surface area contributed by atoms with Gasteiger partial charge in [0.1, 0.15) is 6.54 Å². The van der Waals surface area contributed by atoms with Gasteiger partial charge in [-0.1, -0.05) is 0 Å². The largest absolute Gasteiger partial charge is 0.493 e. The standard InChI is InChI=1S/C22H24N4O6/c1-30-18-6-4-15(12-19(18)31-2)22(29)26-13-20(27)23-16-11-14(3-5-17(16)26)21(28)24-25-7-9-32-10-8-25/h3-6,11-12H,7-10,13H2,1-2H3,(H,23,27)(H,24,28). The highest BCUT2D eigenvalue weighted by Gasteiger charge is 2.29. The summed E-state index contributed by atoms with van der Waals surface area (Å²) in [6, 6.07) is 9.66. The Kier molecular flexibility index (Phi) is 6.24. The molecule has 3 amide bonds. The van der Waals surface area contributed by atoms with Crippen molar-refractivity contribution in [3.8, 4) is 11.5 Å². The second-order valence-corrected chi connectivity index (χ2v) is 7.28. The number of benzene rings is 2. The van der Waals surface area contributed by atoms with Gasteiger partial charge in [-0.15, -0.1) is 0 Å². The number of amides is 3. The third-order valence-corrected chi connectivity index (χ3v) is 5.27. The summed E-state index contributed by atoms with van der Waals surface area (Å²) in [7, 11) is 3.00. The summed E-state index contributed by atoms with van der Waals surface area (Å²) in [5.41, 5.74) is 4.45. The second-order valence-electron chi connectivity index (χ2n) is 7.28. The van der Waals surface area contributed by atoms with Crippen molar-refractivity contribution in [2.45, 2.75) is 0 Å². The Hall–Kier alpha value is -3.63. The van der Waals surface area contributed by atoms with E-state index in [2.05, 4.69) is 10.7 Å². The number of hydrogen-bond donors (Lipinski definition) is 2. The lowest BCUT2D eigenvalue weighted by Crippen LogP contribution is -2.48. The molecule has 0 radical (unpaired) electrons. The van der Waals surface area contributed by atoms with Crippen molar-refractivity contribution < 1.29 is 28.6 Å². The van der Waals surface area contributed by atoms with Gasteiger partial charge in [-0.2, -0.15) is 0 Å². The van der Waals surface area contributed by atoms with Gasteiger partial charge in [-0.25, -0.2) is 5.01 Å². The Bertz CT molecular complexity index is 1050. The Morgan fingerprint density at radius 2 is 1.72 bits per heavy atom. The highest BCUT2D eigenvalue weighted by Crippen LogP contribution is 2.33. The number of nitrogens with one attached hydrogen (secondary N) is 2. The minimum Gasteiger partial charge on any atom is -0.493 e. The van der Waals surface area contributed by atoms with Crippen LogP contribution in [0.25, 0.3) is 0 Å². The molecule has 0 unspecified atom stereocenters. The topological polar surface area (TPSA) is 109 Å². The van der Waals surface area contributed by atoms with Gasteiger partial charge < -0.3 is 19.5 Å². The van der Waals surface area contributed by atoms with E-state index in [9.17, 15) is 14.4 Å². The van der Waals surface area contributed by atoms with Crippen LogP contribution in [0.4, 0.5) is 11.4 Å². The van der Waals surface area contributed by atoms with Gasteiger partial charge in [0.15, 0.2) is 11.5 Å². The lowest BCUT2D eigenvalue weighted by atomic mass is 10.1. The first-order chi connectivity index (χ1) is 15.5. The molecular weight excluding hydrogens is 416 g/mol. The third-order valence-electron chi connectivity index (χ3n) is 5.27. The number of rotatable bonds is 5. The van der Waals surface area contributed by atoms with Gasteiger partial charge in [-0.3, -0.25) is 24.7 Å². The summed E-state index contributed by atoms with van der Waals surface area (Å²) < 4.78 is 15.8. The molecule has 0 aliphatic carbocycles. The molecule has 2 heterocycles. The number of methoxy groups -OCH3 is 2. The summed E-state index contributed by atoms with van der Waals surface area (Å²) in [5.74, 6) is -0.108. The van der Waals surface area contributed by atoms with Crippen LogP contribution in [0.5, 0.6) is 11.5 Å². The molecule has 2 aromatic rings. The molecule has 2 aromatic carbocycles. The molecule has 2 aliphatic heterocycles. The van der Waals surface area contributed by atoms with Crippen molar-refractivity contribution in [3.05, 3.63) is 47.5 Å². The first-order valence-corrected chi connectivity index (χ1v) is 10.1. The molecule has 32 heavy (non-hydrogen) atoms. The zero-order chi connectivity index (χ0) is 22.7. The SMILES string of the molecule is COc1ccc(C(=O)N2CC(=O)Nc3cc(C(=O)NN4CCOCC4)ccc32)cc1OC. The molecule has 4 rings (SSSR count). The summed E-state index contributed by atoms with van der Waals surface area (Å²) in [6.07, 6.45) is 0. The molecule has 2 N–H and O–H groups in total. The van der Waals surface area contributed by atoms with E-state index in [0.29, 0.717) is 60.3 Å². The Balaban J connectivity index is 1.58. The van der Waals surface area contributed by atoms with Crippen LogP contribution in [-0.4, -0.2) is 69.8 Å². The van der Waals surface area contributed by atoms with Crippen LogP contribution in [-0.2, 0) is 9.53 Å². The maximum absolute atomic E-state index is 13.2. The highest BCUT2D eigenvalue weighted by atomic mass is 16.5. The zero-order valence-electron chi connectivity index (χ0n) is 17.8. The molecule has 0 aromatic heterocycles. The van der Waals surface area contributed by atoms with Crippen LogP contribution >= 0.6 is 0 Å². The van der Waals surface area contributed by atoms with Crippen LogP contribution in [0, 0.1) is 0 Å². The molecule has 10 heteroatoms. The number of hydrogen-bond acceptors (Lipinski definition) is 7. The Morgan fingerprint density at radius 1 is 1.00 bits per heavy atom. The van der Waals surface area contributed by atoms with E-state index in [1.54, 1.807) is 41.4 Å². The van der Waals surface area contributed by atoms with Crippen LogP contribution in [0.3, 0.4) is 0 Å². The second kappa shape index (κ2) is 9.25. The van der Waals surface area contributed by atoms with Gasteiger partial charge >= 0.3 is 0 Å². The number of hydrazine groups is 1. The molecule has 10 nitrogen and oxygen atoms in total. The van der Waals surface area contributed by atoms with E-state index in [4.69, 9.17) is 14.2 Å². The summed E-state index contributed by atoms with van der Waals surface area (Å²) in [4.78, 5) is 39.5. The van der Waals surface area contributed by atoms with Crippen molar-refractivity contribution in [2.75, 3.05) is 57.3 Å². The number of ether oxygens (including phenoxy) is 3. The lowest BCUT2D eigenvalue weighted by Gasteiger charge is -2.30. The molecule has 1 fully saturated rings. The number of morpholine rings is 1. The van der Waals surface area contributed by atoms with E-state index >= 15 is 0 Å². The number of carbonyl (C=O) groups is 3. The summed E-state index contributed by atoms with van der Waals surface area (Å²) in [6.45, 7) is 2.16. The zero-order valence-corrected chi connectivity index (χ0v) is 17.8. The van der Waals surface area contributed by atoms with E-state index in [1.165, 1.54) is 19.1 Å². The summed E-state index contributed by atoms with van der Waals surface area (Å²) >= 11 is 0. The van der Waals surface area contributed by atoms with Crippen LogP contribution < -0.4 is 25.1 Å². The van der Waals surface area contributed by atoms with Crippen molar-refractivity contribution in [1.29, 1.82) is 0 Å². The third kappa shape index (κ3) is 4.36. The normalized spacial score (nSPS) is 16.1. The lowest BCUT2D eigenvalue weighted by molar-refractivity contribution is -0.115. The van der Waals surface area contributed by atoms with Gasteiger partial charge in [0.2, 0.25) is 5.91 Å². The van der Waals surface area contributed by atoms with Crippen molar-refractivity contribution in [3.63, 3.8) is 0 Å². The molecule has 168 valence electrons. The number of carbonyl (C=O) groups excluding carboxylic acids is 3. The molecule has 1 saturated heterocycles. The van der Waals surface area contributed by atoms with Gasteiger partial charge in [0.05, 0.1) is 38.8 Å². The molecule has 2 aliphatic rings. The van der Waals surface area contributed by atoms with Crippen LogP contribution in [0.1, 0.15) is 20.7 Å². The van der Waals surface area contributed by atoms with E-state index in [-0.39, 0.29) is 24.3 Å². The fourth-order valence-corrected chi connectivity index (χ4v) is 3.62. The predicted octanol–water partition coefficient (Wildman–Crippen LogP) is 1.28. The predicted molar refractivity (Wildman–Crippen MR) is 116 cm³/mol. The van der Waals surface area contributed by atoms with E-state index < -0.39 is 0 Å². The number of fused-ring (bicyclic) bond motifs is 1. The first-order valence-electron chi connectivity index (χ1n) is 10.1. The average Bonchev–Trinajstić information content (AvgIpc) is 2.82. The fraction of sp³-hybridized carbons (Fsp3) is 0.318. The maximum atomic E-state index is 13.2.